The first kappa shape index (κ1) is 20.0. The summed E-state index contributed by atoms with van der Waals surface area (Å²) in [5.74, 6) is 1.41. The van der Waals surface area contributed by atoms with Crippen molar-refractivity contribution in [2.24, 2.45) is 0 Å². The Labute approximate surface area is 187 Å². The Morgan fingerprint density at radius 2 is 1.90 bits per heavy atom. The van der Waals surface area contributed by atoms with Gasteiger partial charge in [-0.05, 0) is 36.4 Å². The van der Waals surface area contributed by atoms with Gasteiger partial charge in [0.1, 0.15) is 17.3 Å². The van der Waals surface area contributed by atoms with E-state index >= 15 is 0 Å². The van der Waals surface area contributed by atoms with Gasteiger partial charge in [0, 0.05) is 11.6 Å². The third-order valence-electron chi connectivity index (χ3n) is 4.24. The van der Waals surface area contributed by atoms with E-state index in [0.29, 0.717) is 47.8 Å². The Bertz CT molecular complexity index is 1160. The molecule has 1 fully saturated rings. The number of nitrogens with zero attached hydrogens (tertiary/aromatic N) is 1. The highest BCUT2D eigenvalue weighted by Crippen LogP contribution is 2.40. The van der Waals surface area contributed by atoms with Gasteiger partial charge in [0.25, 0.3) is 5.91 Å². The molecule has 1 amide bonds. The molecule has 0 saturated carbocycles. The maximum Gasteiger partial charge on any atom is 0.271 e. The molecule has 0 radical (unpaired) electrons. The second kappa shape index (κ2) is 8.24. The molecule has 3 aromatic rings. The van der Waals surface area contributed by atoms with Crippen LogP contribution in [0.5, 0.6) is 5.75 Å². The number of anilines is 1. The number of hydrogen-bond donors (Lipinski definition) is 0. The minimum atomic E-state index is -0.233. The number of benzene rings is 2. The van der Waals surface area contributed by atoms with Crippen molar-refractivity contribution in [1.29, 1.82) is 0 Å². The van der Waals surface area contributed by atoms with Crippen LogP contribution in [-0.4, -0.2) is 17.3 Å². The average molecular weight is 462 g/mol. The van der Waals surface area contributed by atoms with E-state index in [9.17, 15) is 4.79 Å². The van der Waals surface area contributed by atoms with E-state index in [1.54, 1.807) is 49.6 Å². The van der Waals surface area contributed by atoms with E-state index in [1.165, 1.54) is 16.7 Å². The van der Waals surface area contributed by atoms with Crippen molar-refractivity contribution in [1.82, 2.24) is 0 Å². The zero-order valence-corrected chi connectivity index (χ0v) is 18.2. The molecular formula is C21H13Cl2NO3S2. The lowest BCUT2D eigenvalue weighted by atomic mass is 10.2. The summed E-state index contributed by atoms with van der Waals surface area (Å²) in [6.45, 7) is 0. The molecule has 0 unspecified atom stereocenters. The third kappa shape index (κ3) is 3.81. The summed E-state index contributed by atoms with van der Waals surface area (Å²) in [5, 5.41) is 0.859. The lowest BCUT2D eigenvalue weighted by molar-refractivity contribution is -0.113. The molecule has 8 heteroatoms. The average Bonchev–Trinajstić information content (AvgIpc) is 3.28. The summed E-state index contributed by atoms with van der Waals surface area (Å²) in [7, 11) is 1.55. The number of thioether (sulfide) groups is 1. The van der Waals surface area contributed by atoms with Crippen LogP contribution in [0.25, 0.3) is 17.4 Å². The zero-order valence-electron chi connectivity index (χ0n) is 15.0. The normalized spacial score (nSPS) is 15.4. The SMILES string of the molecule is COc1ccccc1N1C(=O)/C(=C\c2ccc(-c3cccc(Cl)c3Cl)o2)SC1=S. The van der Waals surface area contributed by atoms with Crippen LogP contribution in [0.1, 0.15) is 5.76 Å². The number of hydrogen-bond acceptors (Lipinski definition) is 5. The van der Waals surface area contributed by atoms with Crippen molar-refractivity contribution >= 4 is 69.2 Å². The van der Waals surface area contributed by atoms with Gasteiger partial charge in [0.05, 0.1) is 27.7 Å². The first-order valence-corrected chi connectivity index (χ1v) is 10.4. The molecule has 0 N–H and O–H groups in total. The molecule has 1 aliphatic heterocycles. The summed E-state index contributed by atoms with van der Waals surface area (Å²) >= 11 is 19.0. The molecule has 1 aromatic heterocycles. The van der Waals surface area contributed by atoms with Gasteiger partial charge in [0.15, 0.2) is 4.32 Å². The third-order valence-corrected chi connectivity index (χ3v) is 6.36. The number of amides is 1. The van der Waals surface area contributed by atoms with Crippen molar-refractivity contribution in [2.75, 3.05) is 12.0 Å². The number of halogens is 2. The molecule has 1 aliphatic rings. The number of furan rings is 1. The number of carbonyl (C=O) groups is 1. The van der Waals surface area contributed by atoms with E-state index in [2.05, 4.69) is 0 Å². The van der Waals surface area contributed by atoms with Crippen molar-refractivity contribution in [2.45, 2.75) is 0 Å². The Kier molecular flexibility index (Phi) is 5.69. The van der Waals surface area contributed by atoms with E-state index in [1.807, 2.05) is 18.2 Å². The smallest absolute Gasteiger partial charge is 0.271 e. The summed E-state index contributed by atoms with van der Waals surface area (Å²) in [6.07, 6.45) is 1.66. The van der Waals surface area contributed by atoms with Crippen molar-refractivity contribution in [3.8, 4) is 17.1 Å². The van der Waals surface area contributed by atoms with Crippen LogP contribution in [0.15, 0.2) is 63.9 Å². The van der Waals surface area contributed by atoms with E-state index < -0.39 is 0 Å². The molecule has 4 rings (SSSR count). The highest BCUT2D eigenvalue weighted by atomic mass is 35.5. The topological polar surface area (TPSA) is 42.7 Å². The van der Waals surface area contributed by atoms with E-state index in [4.69, 9.17) is 44.6 Å². The number of para-hydroxylation sites is 2. The summed E-state index contributed by atoms with van der Waals surface area (Å²) in [5.41, 5.74) is 1.28. The highest BCUT2D eigenvalue weighted by molar-refractivity contribution is 8.27. The number of thiocarbonyl (C=S) groups is 1. The Balaban J connectivity index is 1.65. The predicted molar refractivity (Wildman–Crippen MR) is 123 cm³/mol. The number of rotatable bonds is 4. The highest BCUT2D eigenvalue weighted by Gasteiger charge is 2.35. The first-order chi connectivity index (χ1) is 14.0. The fraction of sp³-hybridized carbons (Fsp3) is 0.0476. The Morgan fingerprint density at radius 1 is 1.10 bits per heavy atom. The summed E-state index contributed by atoms with van der Waals surface area (Å²) < 4.78 is 11.6. The molecular weight excluding hydrogens is 449 g/mol. The molecule has 29 heavy (non-hydrogen) atoms. The minimum absolute atomic E-state index is 0.233. The van der Waals surface area contributed by atoms with E-state index in [0.717, 1.165) is 0 Å². The standard InChI is InChI=1S/C21H13Cl2NO3S2/c1-26-17-8-3-2-7-15(17)24-20(25)18(29-21(24)28)11-12-9-10-16(27-12)13-5-4-6-14(22)19(13)23/h2-11H,1H3/b18-11+. The van der Waals surface area contributed by atoms with E-state index in [-0.39, 0.29) is 5.91 Å². The van der Waals surface area contributed by atoms with Gasteiger partial charge in [-0.1, -0.05) is 65.4 Å². The van der Waals surface area contributed by atoms with Gasteiger partial charge < -0.3 is 9.15 Å². The molecule has 0 bridgehead atoms. The Morgan fingerprint density at radius 3 is 2.69 bits per heavy atom. The largest absolute Gasteiger partial charge is 0.495 e. The summed E-state index contributed by atoms with van der Waals surface area (Å²) in [6, 6.07) is 16.1. The molecule has 1 saturated heterocycles. The van der Waals surface area contributed by atoms with Crippen LogP contribution < -0.4 is 9.64 Å². The minimum Gasteiger partial charge on any atom is -0.495 e. The Hall–Kier alpha value is -2.25. The molecule has 0 atom stereocenters. The lowest BCUT2D eigenvalue weighted by Crippen LogP contribution is -2.27. The lowest BCUT2D eigenvalue weighted by Gasteiger charge is -2.17. The van der Waals surface area contributed by atoms with Gasteiger partial charge in [-0.2, -0.15) is 0 Å². The van der Waals surface area contributed by atoms with Gasteiger partial charge >= 0.3 is 0 Å². The van der Waals surface area contributed by atoms with Crippen LogP contribution in [0.3, 0.4) is 0 Å². The maximum atomic E-state index is 13.0. The first-order valence-electron chi connectivity index (χ1n) is 8.45. The molecule has 2 heterocycles. The van der Waals surface area contributed by atoms with Crippen LogP contribution >= 0.6 is 47.2 Å². The van der Waals surface area contributed by atoms with Gasteiger partial charge in [-0.25, -0.2) is 0 Å². The van der Waals surface area contributed by atoms with Crippen LogP contribution in [0.2, 0.25) is 10.0 Å². The van der Waals surface area contributed by atoms with Crippen LogP contribution in [0, 0.1) is 0 Å². The predicted octanol–water partition coefficient (Wildman–Crippen LogP) is 6.67. The number of carbonyl (C=O) groups excluding carboxylic acids is 1. The maximum absolute atomic E-state index is 13.0. The zero-order chi connectivity index (χ0) is 20.5. The molecule has 0 aliphatic carbocycles. The fourth-order valence-corrected chi connectivity index (χ4v) is 4.55. The number of ether oxygens (including phenoxy) is 1. The van der Waals surface area contributed by atoms with Crippen molar-refractivity contribution < 1.29 is 13.9 Å². The quantitative estimate of drug-likeness (QED) is 0.320. The molecule has 146 valence electrons. The van der Waals surface area contributed by atoms with Crippen LogP contribution in [-0.2, 0) is 4.79 Å². The number of methoxy groups -OCH3 is 1. The monoisotopic (exact) mass is 461 g/mol. The molecule has 0 spiro atoms. The summed E-state index contributed by atoms with van der Waals surface area (Å²) in [4.78, 5) is 14.9. The van der Waals surface area contributed by atoms with Gasteiger partial charge in [-0.15, -0.1) is 0 Å². The van der Waals surface area contributed by atoms with Crippen LogP contribution in [0.4, 0.5) is 5.69 Å². The van der Waals surface area contributed by atoms with Crippen molar-refractivity contribution in [3.05, 3.63) is 75.3 Å². The van der Waals surface area contributed by atoms with Gasteiger partial charge in [-0.3, -0.25) is 9.69 Å². The second-order valence-electron chi connectivity index (χ2n) is 5.99. The fourth-order valence-electron chi connectivity index (χ4n) is 2.89. The second-order valence-corrected chi connectivity index (χ2v) is 8.45. The van der Waals surface area contributed by atoms with Gasteiger partial charge in [0.2, 0.25) is 0 Å². The molecule has 4 nitrogen and oxygen atoms in total. The molecule has 2 aromatic carbocycles. The van der Waals surface area contributed by atoms with Crippen molar-refractivity contribution in [3.63, 3.8) is 0 Å².